The number of rotatable bonds is 4. The van der Waals surface area contributed by atoms with Gasteiger partial charge < -0.3 is 15.0 Å². The number of morpholine rings is 1. The van der Waals surface area contributed by atoms with Crippen LogP contribution in [0.15, 0.2) is 42.7 Å². The fourth-order valence-corrected chi connectivity index (χ4v) is 3.33. The highest BCUT2D eigenvalue weighted by Crippen LogP contribution is 2.24. The summed E-state index contributed by atoms with van der Waals surface area (Å²) in [5.74, 6) is -0.145. The first-order valence-corrected chi connectivity index (χ1v) is 9.20. The zero-order valence-corrected chi connectivity index (χ0v) is 15.9. The number of carbonyl (C=O) groups is 1. The van der Waals surface area contributed by atoms with Crippen molar-refractivity contribution >= 4 is 17.3 Å². The van der Waals surface area contributed by atoms with E-state index in [9.17, 15) is 4.79 Å². The summed E-state index contributed by atoms with van der Waals surface area (Å²) in [5, 5.41) is 14.2. The van der Waals surface area contributed by atoms with Crippen LogP contribution in [0, 0.1) is 13.8 Å². The standard InChI is InChI=1S/C20H22N6O2/c1-14-12-17(25-7-9-28-10-8-25)4-5-18(14)22-20(27)16-3-6-19(15(2)11-16)26-13-21-23-24-26/h3-6,11-13H,7-10H2,1-2H3,(H,22,27). The fourth-order valence-electron chi connectivity index (χ4n) is 3.33. The van der Waals surface area contributed by atoms with Gasteiger partial charge in [-0.3, -0.25) is 4.79 Å². The van der Waals surface area contributed by atoms with E-state index in [1.807, 2.05) is 38.1 Å². The van der Waals surface area contributed by atoms with Crippen molar-refractivity contribution in [1.29, 1.82) is 0 Å². The van der Waals surface area contributed by atoms with Crippen LogP contribution in [0.4, 0.5) is 11.4 Å². The number of tetrazole rings is 1. The van der Waals surface area contributed by atoms with Gasteiger partial charge in [0.05, 0.1) is 18.9 Å². The second kappa shape index (κ2) is 7.77. The summed E-state index contributed by atoms with van der Waals surface area (Å²) in [6, 6.07) is 11.6. The van der Waals surface area contributed by atoms with Crippen molar-refractivity contribution in [2.75, 3.05) is 36.5 Å². The minimum absolute atomic E-state index is 0.145. The van der Waals surface area contributed by atoms with Crippen molar-refractivity contribution in [3.05, 3.63) is 59.4 Å². The lowest BCUT2D eigenvalue weighted by atomic mass is 10.1. The number of aryl methyl sites for hydroxylation is 2. The van der Waals surface area contributed by atoms with Crippen molar-refractivity contribution in [3.63, 3.8) is 0 Å². The maximum atomic E-state index is 12.7. The molecule has 8 nitrogen and oxygen atoms in total. The molecule has 2 aromatic carbocycles. The molecular formula is C20H22N6O2. The summed E-state index contributed by atoms with van der Waals surface area (Å²) < 4.78 is 6.98. The number of hydrogen-bond acceptors (Lipinski definition) is 6. The molecule has 4 rings (SSSR count). The Hall–Kier alpha value is -3.26. The van der Waals surface area contributed by atoms with Gasteiger partial charge in [0.15, 0.2) is 0 Å². The average molecular weight is 378 g/mol. The Bertz CT molecular complexity index is 980. The van der Waals surface area contributed by atoms with Crippen molar-refractivity contribution in [3.8, 4) is 5.69 Å². The summed E-state index contributed by atoms with van der Waals surface area (Å²) in [6.45, 7) is 7.20. The van der Waals surface area contributed by atoms with Crippen molar-refractivity contribution in [2.24, 2.45) is 0 Å². The molecule has 1 aromatic heterocycles. The molecule has 0 bridgehead atoms. The minimum atomic E-state index is -0.145. The van der Waals surface area contributed by atoms with Gasteiger partial charge in [0.1, 0.15) is 6.33 Å². The Morgan fingerprint density at radius 3 is 2.57 bits per heavy atom. The summed E-state index contributed by atoms with van der Waals surface area (Å²) in [6.07, 6.45) is 1.53. The van der Waals surface area contributed by atoms with E-state index in [2.05, 4.69) is 31.8 Å². The molecule has 1 aliphatic rings. The third-order valence-electron chi connectivity index (χ3n) is 4.89. The number of aromatic nitrogens is 4. The van der Waals surface area contributed by atoms with Crippen molar-refractivity contribution < 1.29 is 9.53 Å². The second-order valence-electron chi connectivity index (χ2n) is 6.81. The molecule has 0 saturated carbocycles. The van der Waals surface area contributed by atoms with E-state index >= 15 is 0 Å². The average Bonchev–Trinajstić information content (AvgIpc) is 3.24. The van der Waals surface area contributed by atoms with Gasteiger partial charge in [0.2, 0.25) is 0 Å². The topological polar surface area (TPSA) is 85.2 Å². The predicted molar refractivity (Wildman–Crippen MR) is 106 cm³/mol. The summed E-state index contributed by atoms with van der Waals surface area (Å²) in [5.41, 5.74) is 5.34. The van der Waals surface area contributed by atoms with Crippen LogP contribution in [0.3, 0.4) is 0 Å². The van der Waals surface area contributed by atoms with E-state index in [4.69, 9.17) is 4.74 Å². The number of benzene rings is 2. The molecule has 1 aliphatic heterocycles. The summed E-state index contributed by atoms with van der Waals surface area (Å²) in [7, 11) is 0. The monoisotopic (exact) mass is 378 g/mol. The molecule has 1 amide bonds. The van der Waals surface area contributed by atoms with Gasteiger partial charge in [-0.15, -0.1) is 5.10 Å². The maximum absolute atomic E-state index is 12.7. The number of anilines is 2. The molecule has 1 saturated heterocycles. The number of nitrogens with one attached hydrogen (secondary N) is 1. The van der Waals surface area contributed by atoms with E-state index < -0.39 is 0 Å². The maximum Gasteiger partial charge on any atom is 0.255 e. The summed E-state index contributed by atoms with van der Waals surface area (Å²) >= 11 is 0. The Balaban J connectivity index is 1.49. The lowest BCUT2D eigenvalue weighted by Crippen LogP contribution is -2.36. The van der Waals surface area contributed by atoms with E-state index in [1.54, 1.807) is 10.7 Å². The molecule has 28 heavy (non-hydrogen) atoms. The van der Waals surface area contributed by atoms with Crippen LogP contribution in [0.2, 0.25) is 0 Å². The van der Waals surface area contributed by atoms with E-state index in [1.165, 1.54) is 6.33 Å². The Labute approximate surface area is 163 Å². The Morgan fingerprint density at radius 2 is 1.89 bits per heavy atom. The highest BCUT2D eigenvalue weighted by Gasteiger charge is 2.14. The third kappa shape index (κ3) is 3.72. The SMILES string of the molecule is Cc1cc(N2CCOCC2)ccc1NC(=O)c1ccc(-n2cnnn2)c(C)c1. The Morgan fingerprint density at radius 1 is 1.07 bits per heavy atom. The van der Waals surface area contributed by atoms with Crippen LogP contribution in [0.5, 0.6) is 0 Å². The number of nitrogens with zero attached hydrogens (tertiary/aromatic N) is 5. The lowest BCUT2D eigenvalue weighted by molar-refractivity contribution is 0.102. The first kappa shape index (κ1) is 18.1. The van der Waals surface area contributed by atoms with Crippen LogP contribution in [-0.2, 0) is 4.74 Å². The smallest absolute Gasteiger partial charge is 0.255 e. The molecule has 0 radical (unpaired) electrons. The van der Waals surface area contributed by atoms with Gasteiger partial charge in [0.25, 0.3) is 5.91 Å². The van der Waals surface area contributed by atoms with Gasteiger partial charge in [-0.1, -0.05) is 0 Å². The van der Waals surface area contributed by atoms with E-state index in [-0.39, 0.29) is 5.91 Å². The van der Waals surface area contributed by atoms with Crippen LogP contribution in [0.25, 0.3) is 5.69 Å². The van der Waals surface area contributed by atoms with Crippen LogP contribution in [-0.4, -0.2) is 52.4 Å². The molecule has 2 heterocycles. The highest BCUT2D eigenvalue weighted by atomic mass is 16.5. The normalized spacial score (nSPS) is 14.1. The number of ether oxygens (including phenoxy) is 1. The Kier molecular flexibility index (Phi) is 5.03. The molecule has 8 heteroatoms. The van der Waals surface area contributed by atoms with E-state index in [0.717, 1.165) is 54.5 Å². The van der Waals surface area contributed by atoms with Crippen LogP contribution < -0.4 is 10.2 Å². The largest absolute Gasteiger partial charge is 0.378 e. The fraction of sp³-hybridized carbons (Fsp3) is 0.300. The molecular weight excluding hydrogens is 356 g/mol. The molecule has 1 fully saturated rings. The summed E-state index contributed by atoms with van der Waals surface area (Å²) in [4.78, 5) is 15.0. The van der Waals surface area contributed by atoms with Crippen molar-refractivity contribution in [2.45, 2.75) is 13.8 Å². The molecule has 0 atom stereocenters. The second-order valence-corrected chi connectivity index (χ2v) is 6.81. The number of carbonyl (C=O) groups excluding carboxylic acids is 1. The zero-order chi connectivity index (χ0) is 19.5. The van der Waals surface area contributed by atoms with Gasteiger partial charge in [-0.25, -0.2) is 4.68 Å². The van der Waals surface area contributed by atoms with Gasteiger partial charge in [0, 0.05) is 30.0 Å². The van der Waals surface area contributed by atoms with E-state index in [0.29, 0.717) is 5.56 Å². The lowest BCUT2D eigenvalue weighted by Gasteiger charge is -2.29. The first-order chi connectivity index (χ1) is 13.6. The van der Waals surface area contributed by atoms with Gasteiger partial charge in [-0.2, -0.15) is 0 Å². The quantitative estimate of drug-likeness (QED) is 0.750. The van der Waals surface area contributed by atoms with Crippen LogP contribution in [0.1, 0.15) is 21.5 Å². The molecule has 0 unspecified atom stereocenters. The predicted octanol–water partition coefficient (Wildman–Crippen LogP) is 2.37. The molecule has 1 N–H and O–H groups in total. The minimum Gasteiger partial charge on any atom is -0.378 e. The number of amides is 1. The van der Waals surface area contributed by atoms with Crippen LogP contribution >= 0.6 is 0 Å². The molecule has 0 aliphatic carbocycles. The highest BCUT2D eigenvalue weighted by molar-refractivity contribution is 6.05. The molecule has 3 aromatic rings. The van der Waals surface area contributed by atoms with Gasteiger partial charge >= 0.3 is 0 Å². The van der Waals surface area contributed by atoms with Gasteiger partial charge in [-0.05, 0) is 71.8 Å². The third-order valence-corrected chi connectivity index (χ3v) is 4.89. The number of hydrogen-bond donors (Lipinski definition) is 1. The first-order valence-electron chi connectivity index (χ1n) is 9.20. The van der Waals surface area contributed by atoms with Crippen molar-refractivity contribution in [1.82, 2.24) is 20.2 Å². The molecule has 0 spiro atoms. The molecule has 144 valence electrons. The zero-order valence-electron chi connectivity index (χ0n) is 15.9.